The Morgan fingerprint density at radius 1 is 1.09 bits per heavy atom. The Bertz CT molecular complexity index is 774. The van der Waals surface area contributed by atoms with Gasteiger partial charge in [0.2, 0.25) is 0 Å². The average Bonchev–Trinajstić information content (AvgIpc) is 3.18. The molecule has 2 heterocycles. The summed E-state index contributed by atoms with van der Waals surface area (Å²) in [4.78, 5) is 4.44. The van der Waals surface area contributed by atoms with Gasteiger partial charge in [-0.25, -0.2) is 4.98 Å². The number of hydrogen-bond donors (Lipinski definition) is 0. The van der Waals surface area contributed by atoms with E-state index < -0.39 is 0 Å². The average molecular weight is 327 g/mol. The van der Waals surface area contributed by atoms with Crippen molar-refractivity contribution in [2.45, 2.75) is 49.8 Å². The minimum Gasteiger partial charge on any atom is -0.331 e. The van der Waals surface area contributed by atoms with Crippen LogP contribution in [-0.4, -0.2) is 30.1 Å². The van der Waals surface area contributed by atoms with E-state index in [1.54, 1.807) is 0 Å². The van der Waals surface area contributed by atoms with Gasteiger partial charge in [0.05, 0.1) is 17.4 Å². The van der Waals surface area contributed by atoms with Gasteiger partial charge in [-0.3, -0.25) is 0 Å². The first-order valence-corrected chi connectivity index (χ1v) is 9.32. The van der Waals surface area contributed by atoms with E-state index >= 15 is 0 Å². The van der Waals surface area contributed by atoms with Crippen LogP contribution >= 0.6 is 11.8 Å². The van der Waals surface area contributed by atoms with Crippen molar-refractivity contribution in [2.24, 2.45) is 0 Å². The number of aromatic nitrogens is 5. The highest BCUT2D eigenvalue weighted by molar-refractivity contribution is 7.99. The van der Waals surface area contributed by atoms with Crippen molar-refractivity contribution < 1.29 is 0 Å². The highest BCUT2D eigenvalue weighted by Gasteiger charge is 2.25. The molecule has 5 nitrogen and oxygen atoms in total. The van der Waals surface area contributed by atoms with E-state index in [-0.39, 0.29) is 0 Å². The summed E-state index contributed by atoms with van der Waals surface area (Å²) < 4.78 is 4.49. The lowest BCUT2D eigenvalue weighted by Crippen LogP contribution is -1.97. The number of aryl methyl sites for hydroxylation is 1. The number of hydrogen-bond acceptors (Lipinski definition) is 4. The van der Waals surface area contributed by atoms with Crippen molar-refractivity contribution in [3.05, 3.63) is 36.9 Å². The van der Waals surface area contributed by atoms with E-state index in [2.05, 4.69) is 42.5 Å². The molecule has 1 saturated carbocycles. The molecule has 1 fully saturated rings. The molecule has 23 heavy (non-hydrogen) atoms. The molecule has 1 aromatic carbocycles. The molecule has 120 valence electrons. The third-order valence-electron chi connectivity index (χ3n) is 4.28. The van der Waals surface area contributed by atoms with E-state index in [4.69, 9.17) is 0 Å². The molecule has 0 bridgehead atoms. The van der Waals surface area contributed by atoms with E-state index in [0.29, 0.717) is 6.04 Å². The van der Waals surface area contributed by atoms with E-state index in [1.165, 1.54) is 37.6 Å². The number of nitrogens with zero attached hydrogens (tertiary/aromatic N) is 5. The van der Waals surface area contributed by atoms with Gasteiger partial charge in [-0.2, -0.15) is 0 Å². The maximum Gasteiger partial charge on any atom is 0.191 e. The fourth-order valence-electron chi connectivity index (χ4n) is 2.85. The Hall–Kier alpha value is -1.82. The van der Waals surface area contributed by atoms with Crippen LogP contribution in [0.5, 0.6) is 0 Å². The summed E-state index contributed by atoms with van der Waals surface area (Å²) in [6.45, 7) is 1.05. The van der Waals surface area contributed by atoms with Crippen LogP contribution in [-0.2, 0) is 6.54 Å². The minimum absolute atomic E-state index is 0.669. The maximum absolute atomic E-state index is 4.44. The molecule has 1 aliphatic rings. The number of imidazole rings is 1. The molecule has 3 aromatic rings. The van der Waals surface area contributed by atoms with Crippen LogP contribution in [0.25, 0.3) is 11.0 Å². The summed E-state index contributed by atoms with van der Waals surface area (Å²) in [5, 5.41) is 9.37. The summed E-state index contributed by atoms with van der Waals surface area (Å²) in [5.41, 5.74) is 2.32. The maximum atomic E-state index is 4.44. The van der Waals surface area contributed by atoms with Crippen LogP contribution < -0.4 is 0 Å². The summed E-state index contributed by atoms with van der Waals surface area (Å²) in [6.07, 6.45) is 10.0. The van der Waals surface area contributed by atoms with Crippen molar-refractivity contribution in [3.63, 3.8) is 0 Å². The molecule has 0 radical (unpaired) electrons. The predicted molar refractivity (Wildman–Crippen MR) is 92.6 cm³/mol. The van der Waals surface area contributed by atoms with Crippen LogP contribution in [0, 0.1) is 0 Å². The lowest BCUT2D eigenvalue weighted by Gasteiger charge is -2.05. The minimum atomic E-state index is 0.669. The largest absolute Gasteiger partial charge is 0.331 e. The number of para-hydroxylation sites is 2. The van der Waals surface area contributed by atoms with Crippen molar-refractivity contribution in [3.8, 4) is 0 Å². The Labute approximate surface area is 140 Å². The molecule has 0 N–H and O–H groups in total. The van der Waals surface area contributed by atoms with Gasteiger partial charge in [0.15, 0.2) is 5.16 Å². The topological polar surface area (TPSA) is 48.5 Å². The van der Waals surface area contributed by atoms with E-state index in [0.717, 1.165) is 23.0 Å². The lowest BCUT2D eigenvalue weighted by molar-refractivity contribution is 0.614. The van der Waals surface area contributed by atoms with Crippen LogP contribution in [0.1, 0.15) is 38.1 Å². The van der Waals surface area contributed by atoms with Crippen LogP contribution in [0.3, 0.4) is 0 Å². The van der Waals surface area contributed by atoms with Gasteiger partial charge in [0, 0.05) is 18.3 Å². The van der Waals surface area contributed by atoms with Gasteiger partial charge in [-0.15, -0.1) is 10.2 Å². The molecule has 4 rings (SSSR count). The number of rotatable bonds is 8. The Kier molecular flexibility index (Phi) is 4.33. The molecule has 0 amide bonds. The third-order valence-corrected chi connectivity index (χ3v) is 5.33. The van der Waals surface area contributed by atoms with Gasteiger partial charge in [-0.05, 0) is 37.8 Å². The van der Waals surface area contributed by atoms with Crippen molar-refractivity contribution >= 4 is 22.8 Å². The van der Waals surface area contributed by atoms with Gasteiger partial charge in [0.1, 0.15) is 6.33 Å². The Balaban J connectivity index is 1.20. The molecule has 0 unspecified atom stereocenters. The number of benzene rings is 1. The highest BCUT2D eigenvalue weighted by atomic mass is 32.2. The molecule has 2 aromatic heterocycles. The first kappa shape index (κ1) is 14.8. The second kappa shape index (κ2) is 6.74. The van der Waals surface area contributed by atoms with Crippen molar-refractivity contribution in [1.29, 1.82) is 0 Å². The highest BCUT2D eigenvalue weighted by Crippen LogP contribution is 2.37. The second-order valence-corrected chi connectivity index (χ2v) is 7.15. The molecule has 0 atom stereocenters. The summed E-state index contributed by atoms with van der Waals surface area (Å²) in [6, 6.07) is 8.99. The van der Waals surface area contributed by atoms with Gasteiger partial charge >= 0.3 is 0 Å². The summed E-state index contributed by atoms with van der Waals surface area (Å²) in [7, 11) is 0. The Morgan fingerprint density at radius 3 is 2.91 bits per heavy atom. The standard InChI is InChI=1S/C17H21N5S/c1(4-10-21-12-18-15-6-2-3-7-16(15)21)5-11-23-17-20-19-13-22(17)14-8-9-14/h2-3,6-7,12-14H,1,4-5,8-11H2. The first-order valence-electron chi connectivity index (χ1n) is 8.34. The summed E-state index contributed by atoms with van der Waals surface area (Å²) in [5.74, 6) is 1.12. The first-order chi connectivity index (χ1) is 11.4. The molecular formula is C17H21N5S. The number of thioether (sulfide) groups is 1. The normalized spacial score (nSPS) is 14.6. The number of fused-ring (bicyclic) bond motifs is 1. The van der Waals surface area contributed by atoms with Crippen LogP contribution in [0.15, 0.2) is 42.1 Å². The SMILES string of the molecule is c1ccc2c(c1)ncn2CCCCCSc1nncn1C1CC1. The molecule has 0 aliphatic heterocycles. The van der Waals surface area contributed by atoms with Gasteiger partial charge < -0.3 is 9.13 Å². The van der Waals surface area contributed by atoms with Crippen LogP contribution in [0.2, 0.25) is 0 Å². The zero-order valence-electron chi connectivity index (χ0n) is 13.1. The molecule has 0 spiro atoms. The van der Waals surface area contributed by atoms with Gasteiger partial charge in [-0.1, -0.05) is 30.3 Å². The summed E-state index contributed by atoms with van der Waals surface area (Å²) >= 11 is 1.84. The van der Waals surface area contributed by atoms with E-state index in [9.17, 15) is 0 Å². The fourth-order valence-corrected chi connectivity index (χ4v) is 3.83. The van der Waals surface area contributed by atoms with Gasteiger partial charge in [0.25, 0.3) is 0 Å². The van der Waals surface area contributed by atoms with Crippen LogP contribution in [0.4, 0.5) is 0 Å². The molecule has 1 aliphatic carbocycles. The van der Waals surface area contributed by atoms with Crippen molar-refractivity contribution in [1.82, 2.24) is 24.3 Å². The molecular weight excluding hydrogens is 306 g/mol. The lowest BCUT2D eigenvalue weighted by atomic mass is 10.2. The van der Waals surface area contributed by atoms with Crippen molar-refractivity contribution in [2.75, 3.05) is 5.75 Å². The Morgan fingerprint density at radius 2 is 2.00 bits per heavy atom. The monoisotopic (exact) mass is 327 g/mol. The number of unbranched alkanes of at least 4 members (excludes halogenated alkanes) is 2. The smallest absolute Gasteiger partial charge is 0.191 e. The zero-order valence-corrected chi connectivity index (χ0v) is 14.0. The zero-order chi connectivity index (χ0) is 15.5. The molecule has 6 heteroatoms. The second-order valence-electron chi connectivity index (χ2n) is 6.09. The fraction of sp³-hybridized carbons (Fsp3) is 0.471. The quantitative estimate of drug-likeness (QED) is 0.465. The predicted octanol–water partition coefficient (Wildman–Crippen LogP) is 3.93. The van der Waals surface area contributed by atoms with E-state index in [1.807, 2.05) is 30.5 Å². The third kappa shape index (κ3) is 3.42. The molecule has 0 saturated heterocycles.